The Balaban J connectivity index is 2.96. The van der Waals surface area contributed by atoms with Crippen LogP contribution in [0.4, 0.5) is 0 Å². The molecule has 0 aliphatic rings. The molecule has 0 nitrogen and oxygen atoms in total. The number of hydrogen-bond acceptors (Lipinski definition) is 0. The molecule has 0 aliphatic carbocycles. The summed E-state index contributed by atoms with van der Waals surface area (Å²) in [5.74, 6) is 6.25. The Labute approximate surface area is 71.6 Å². The molecule has 0 saturated heterocycles. The first-order valence-corrected chi connectivity index (χ1v) is 4.96. The highest BCUT2D eigenvalue weighted by Crippen LogP contribution is 1.92. The van der Waals surface area contributed by atoms with E-state index in [1.807, 2.05) is 0 Å². The zero-order chi connectivity index (χ0) is 6.95. The second-order valence-electron chi connectivity index (χ2n) is 1.90. The minimum Gasteiger partial charge on any atom is -0.103 e. The maximum atomic E-state index is 3.13. The zero-order valence-electron chi connectivity index (χ0n) is 5.91. The van der Waals surface area contributed by atoms with Gasteiger partial charge in [-0.15, -0.1) is 11.8 Å². The van der Waals surface area contributed by atoms with E-state index in [1.165, 1.54) is 17.3 Å². The van der Waals surface area contributed by atoms with Gasteiger partial charge in [0.2, 0.25) is 0 Å². The first-order chi connectivity index (χ1) is 4.41. The Kier molecular flexibility index (Phi) is 8.56. The molecule has 0 aromatic carbocycles. The molecule has 0 amide bonds. The van der Waals surface area contributed by atoms with E-state index in [0.717, 1.165) is 12.8 Å². The Morgan fingerprint density at radius 3 is 2.44 bits per heavy atom. The summed E-state index contributed by atoms with van der Waals surface area (Å²) in [5.41, 5.74) is 0. The second-order valence-corrected chi connectivity index (χ2v) is 2.97. The van der Waals surface area contributed by atoms with Crippen LogP contribution in [0, 0.1) is 11.8 Å². The highest BCUT2D eigenvalue weighted by atomic mass is 127. The van der Waals surface area contributed by atoms with E-state index in [-0.39, 0.29) is 0 Å². The molecule has 0 bridgehead atoms. The SMILES string of the molecule is CCCC#CCCCI. The Morgan fingerprint density at radius 1 is 1.22 bits per heavy atom. The van der Waals surface area contributed by atoms with Gasteiger partial charge in [-0.05, 0) is 12.8 Å². The third-order valence-electron chi connectivity index (χ3n) is 0.935. The highest BCUT2D eigenvalue weighted by Gasteiger charge is 1.76. The summed E-state index contributed by atoms with van der Waals surface area (Å²) in [6.07, 6.45) is 4.60. The van der Waals surface area contributed by atoms with Crippen LogP contribution in [0.3, 0.4) is 0 Å². The number of hydrogen-bond donors (Lipinski definition) is 0. The summed E-state index contributed by atoms with van der Waals surface area (Å²) >= 11 is 2.38. The van der Waals surface area contributed by atoms with Gasteiger partial charge in [0.05, 0.1) is 0 Å². The van der Waals surface area contributed by atoms with E-state index in [4.69, 9.17) is 0 Å². The fourth-order valence-electron chi connectivity index (χ4n) is 0.457. The Morgan fingerprint density at radius 2 is 1.89 bits per heavy atom. The third kappa shape index (κ3) is 8.29. The summed E-state index contributed by atoms with van der Waals surface area (Å²) in [6, 6.07) is 0. The van der Waals surface area contributed by atoms with Crippen molar-refractivity contribution >= 4 is 22.6 Å². The van der Waals surface area contributed by atoms with Gasteiger partial charge in [-0.1, -0.05) is 29.5 Å². The number of unbranched alkanes of at least 4 members (excludes halogenated alkanes) is 2. The molecule has 0 rings (SSSR count). The van der Waals surface area contributed by atoms with E-state index < -0.39 is 0 Å². The average molecular weight is 236 g/mol. The van der Waals surface area contributed by atoms with Crippen molar-refractivity contribution in [3.63, 3.8) is 0 Å². The van der Waals surface area contributed by atoms with Crippen LogP contribution in [-0.4, -0.2) is 4.43 Å². The second kappa shape index (κ2) is 8.29. The van der Waals surface area contributed by atoms with Crippen LogP contribution in [0.25, 0.3) is 0 Å². The predicted molar refractivity (Wildman–Crippen MR) is 50.8 cm³/mol. The highest BCUT2D eigenvalue weighted by molar-refractivity contribution is 14.1. The molecule has 9 heavy (non-hydrogen) atoms. The van der Waals surface area contributed by atoms with Gasteiger partial charge in [0.1, 0.15) is 0 Å². The minimum absolute atomic E-state index is 1.07. The lowest BCUT2D eigenvalue weighted by molar-refractivity contribution is 0.971. The summed E-state index contributed by atoms with van der Waals surface area (Å²) in [4.78, 5) is 0. The monoisotopic (exact) mass is 236 g/mol. The molecule has 0 aromatic rings. The van der Waals surface area contributed by atoms with Crippen LogP contribution in [0.2, 0.25) is 0 Å². The minimum atomic E-state index is 1.07. The standard InChI is InChI=1S/C8H13I/c1-2-3-4-5-6-7-8-9/h2-3,6-8H2,1H3. The molecule has 0 saturated carbocycles. The van der Waals surface area contributed by atoms with Crippen molar-refractivity contribution < 1.29 is 0 Å². The molecule has 0 heterocycles. The molecule has 0 radical (unpaired) electrons. The van der Waals surface area contributed by atoms with E-state index in [2.05, 4.69) is 41.4 Å². The first kappa shape index (κ1) is 9.29. The van der Waals surface area contributed by atoms with Crippen molar-refractivity contribution in [2.24, 2.45) is 0 Å². The van der Waals surface area contributed by atoms with Crippen molar-refractivity contribution in [3.05, 3.63) is 0 Å². The number of halogens is 1. The molecular formula is C8H13I. The molecule has 0 atom stereocenters. The topological polar surface area (TPSA) is 0 Å². The lowest BCUT2D eigenvalue weighted by atomic mass is 10.3. The van der Waals surface area contributed by atoms with Crippen LogP contribution in [0.5, 0.6) is 0 Å². The van der Waals surface area contributed by atoms with Gasteiger partial charge in [0.25, 0.3) is 0 Å². The van der Waals surface area contributed by atoms with Gasteiger partial charge < -0.3 is 0 Å². The molecule has 52 valence electrons. The van der Waals surface area contributed by atoms with Gasteiger partial charge in [0.15, 0.2) is 0 Å². The third-order valence-corrected chi connectivity index (χ3v) is 1.70. The fourth-order valence-corrected chi connectivity index (χ4v) is 0.838. The van der Waals surface area contributed by atoms with Crippen molar-refractivity contribution in [3.8, 4) is 11.8 Å². The van der Waals surface area contributed by atoms with Crippen molar-refractivity contribution in [2.45, 2.75) is 32.6 Å². The summed E-state index contributed by atoms with van der Waals surface area (Å²) in [6.45, 7) is 2.16. The first-order valence-electron chi connectivity index (χ1n) is 3.43. The molecule has 0 N–H and O–H groups in total. The van der Waals surface area contributed by atoms with Crippen LogP contribution in [0.1, 0.15) is 32.6 Å². The summed E-state index contributed by atoms with van der Waals surface area (Å²) < 4.78 is 1.23. The summed E-state index contributed by atoms with van der Waals surface area (Å²) in [5, 5.41) is 0. The molecule has 0 aliphatic heterocycles. The van der Waals surface area contributed by atoms with Gasteiger partial charge in [-0.2, -0.15) is 0 Å². The molecule has 0 fully saturated rings. The maximum Gasteiger partial charge on any atom is 0.00959 e. The fraction of sp³-hybridized carbons (Fsp3) is 0.750. The lowest BCUT2D eigenvalue weighted by Crippen LogP contribution is -1.70. The maximum absolute atomic E-state index is 3.13. The quantitative estimate of drug-likeness (QED) is 0.306. The van der Waals surface area contributed by atoms with Gasteiger partial charge in [0, 0.05) is 17.3 Å². The van der Waals surface area contributed by atoms with Crippen LogP contribution < -0.4 is 0 Å². The molecule has 0 aromatic heterocycles. The molecule has 0 spiro atoms. The van der Waals surface area contributed by atoms with E-state index >= 15 is 0 Å². The van der Waals surface area contributed by atoms with E-state index in [1.54, 1.807) is 0 Å². The number of alkyl halides is 1. The molecular weight excluding hydrogens is 223 g/mol. The number of rotatable bonds is 3. The van der Waals surface area contributed by atoms with Crippen LogP contribution >= 0.6 is 22.6 Å². The lowest BCUT2D eigenvalue weighted by Gasteiger charge is -1.82. The van der Waals surface area contributed by atoms with Crippen molar-refractivity contribution in [2.75, 3.05) is 4.43 Å². The average Bonchev–Trinajstić information content (AvgIpc) is 1.89. The Bertz CT molecular complexity index is 96.9. The molecule has 0 unspecified atom stereocenters. The van der Waals surface area contributed by atoms with Gasteiger partial charge >= 0.3 is 0 Å². The Hall–Kier alpha value is 0.290. The van der Waals surface area contributed by atoms with E-state index in [9.17, 15) is 0 Å². The normalized spacial score (nSPS) is 8.22. The van der Waals surface area contributed by atoms with Crippen LogP contribution in [-0.2, 0) is 0 Å². The van der Waals surface area contributed by atoms with Crippen LogP contribution in [0.15, 0.2) is 0 Å². The van der Waals surface area contributed by atoms with Crippen molar-refractivity contribution in [1.29, 1.82) is 0 Å². The predicted octanol–water partition coefficient (Wildman–Crippen LogP) is 3.01. The van der Waals surface area contributed by atoms with Gasteiger partial charge in [-0.3, -0.25) is 0 Å². The molecule has 1 heteroatoms. The smallest absolute Gasteiger partial charge is 0.00959 e. The largest absolute Gasteiger partial charge is 0.103 e. The van der Waals surface area contributed by atoms with Crippen molar-refractivity contribution in [1.82, 2.24) is 0 Å². The van der Waals surface area contributed by atoms with E-state index in [0.29, 0.717) is 0 Å². The van der Waals surface area contributed by atoms with Gasteiger partial charge in [-0.25, -0.2) is 0 Å². The zero-order valence-corrected chi connectivity index (χ0v) is 8.07. The summed E-state index contributed by atoms with van der Waals surface area (Å²) in [7, 11) is 0.